The number of likely N-dealkylation sites (N-methyl/N-ethyl adjacent to an activating group) is 1. The summed E-state index contributed by atoms with van der Waals surface area (Å²) in [5.41, 5.74) is 4.04. The number of benzene rings is 1. The second-order valence-electron chi connectivity index (χ2n) is 12.6. The van der Waals surface area contributed by atoms with Crippen molar-refractivity contribution in [3.05, 3.63) is 28.8 Å². The Kier molecular flexibility index (Phi) is 6.82. The van der Waals surface area contributed by atoms with Gasteiger partial charge in [-0.05, 0) is 74.6 Å². The van der Waals surface area contributed by atoms with Crippen LogP contribution in [0.1, 0.15) is 73.4 Å². The molecule has 0 spiro atoms. The Morgan fingerprint density at radius 1 is 1.08 bits per heavy atom. The van der Waals surface area contributed by atoms with Crippen LogP contribution in [0.3, 0.4) is 0 Å². The van der Waals surface area contributed by atoms with Crippen LogP contribution in [0, 0.1) is 35.5 Å². The molecule has 3 unspecified atom stereocenters. The molecule has 7 atom stereocenters. The smallest absolute Gasteiger partial charge is 0.235 e. The minimum atomic E-state index is -2.70. The zero-order valence-electron chi connectivity index (χ0n) is 23.0. The first-order chi connectivity index (χ1) is 18.3. The molecule has 0 bridgehead atoms. The minimum absolute atomic E-state index is 0.0204. The van der Waals surface area contributed by atoms with Crippen LogP contribution in [0.5, 0.6) is 5.75 Å². The van der Waals surface area contributed by atoms with Crippen molar-refractivity contribution in [1.29, 1.82) is 0 Å². The standard InChI is InChI=1S/C30H38N2O7/c1-13-5-7-15(8-6-13)14(2)18-10-9-16-11-17-12-19-23(32(3)4)26(35)22(29(31)38)28(37)30(19,39)27(36)21(17)25(34)20(16)24(18)33/h9-10,13-15,17,19,21-23,33,39H,5-8,11-12H2,1-4H3,(H2,31,38)/t13?,14?,15?,17-,19-,21?,22?,23-,30-/m0/s1. The maximum atomic E-state index is 13.9. The first kappa shape index (κ1) is 27.6. The largest absolute Gasteiger partial charge is 0.507 e. The fourth-order valence-electron chi connectivity index (χ4n) is 8.00. The van der Waals surface area contributed by atoms with Gasteiger partial charge in [0.25, 0.3) is 0 Å². The number of nitrogens with zero attached hydrogens (tertiary/aromatic N) is 1. The molecule has 4 aliphatic rings. The molecule has 210 valence electrons. The van der Waals surface area contributed by atoms with Crippen LogP contribution in [-0.2, 0) is 25.6 Å². The third-order valence-corrected chi connectivity index (χ3v) is 10.2. The molecule has 0 aromatic heterocycles. The average Bonchev–Trinajstić information content (AvgIpc) is 2.86. The molecule has 0 saturated heterocycles. The first-order valence-electron chi connectivity index (χ1n) is 14.0. The number of carbonyl (C=O) groups is 5. The lowest BCUT2D eigenvalue weighted by atomic mass is 9.52. The van der Waals surface area contributed by atoms with Crippen LogP contribution in [0.4, 0.5) is 0 Å². The Labute approximate surface area is 228 Å². The van der Waals surface area contributed by atoms with Gasteiger partial charge >= 0.3 is 0 Å². The van der Waals surface area contributed by atoms with Gasteiger partial charge in [-0.15, -0.1) is 0 Å². The van der Waals surface area contributed by atoms with E-state index in [1.54, 1.807) is 14.1 Å². The van der Waals surface area contributed by atoms with Crippen LogP contribution >= 0.6 is 0 Å². The van der Waals surface area contributed by atoms with Crippen molar-refractivity contribution in [1.82, 2.24) is 4.90 Å². The molecular formula is C30H38N2O7. The second-order valence-corrected chi connectivity index (χ2v) is 12.6. The van der Waals surface area contributed by atoms with E-state index in [-0.39, 0.29) is 30.1 Å². The third-order valence-electron chi connectivity index (χ3n) is 10.2. The van der Waals surface area contributed by atoms with Gasteiger partial charge in [-0.3, -0.25) is 28.9 Å². The van der Waals surface area contributed by atoms with E-state index in [0.717, 1.165) is 25.7 Å². The maximum absolute atomic E-state index is 13.9. The lowest BCUT2D eigenvalue weighted by molar-refractivity contribution is -0.181. The Morgan fingerprint density at radius 3 is 2.31 bits per heavy atom. The first-order valence-corrected chi connectivity index (χ1v) is 14.0. The number of nitrogens with two attached hydrogens (primary N) is 1. The highest BCUT2D eigenvalue weighted by Crippen LogP contribution is 2.51. The Morgan fingerprint density at radius 2 is 1.72 bits per heavy atom. The minimum Gasteiger partial charge on any atom is -0.507 e. The lowest BCUT2D eigenvalue weighted by Gasteiger charge is -2.52. The lowest BCUT2D eigenvalue weighted by Crippen LogP contribution is -2.74. The summed E-state index contributed by atoms with van der Waals surface area (Å²) in [6.07, 6.45) is 4.67. The number of rotatable bonds is 4. The van der Waals surface area contributed by atoms with E-state index >= 15 is 0 Å². The summed E-state index contributed by atoms with van der Waals surface area (Å²) in [6.45, 7) is 4.30. The molecule has 9 nitrogen and oxygen atoms in total. The van der Waals surface area contributed by atoms with E-state index in [9.17, 15) is 34.2 Å². The van der Waals surface area contributed by atoms with Gasteiger partial charge in [-0.2, -0.15) is 0 Å². The van der Waals surface area contributed by atoms with E-state index in [1.807, 2.05) is 12.1 Å². The van der Waals surface area contributed by atoms with E-state index in [0.29, 0.717) is 23.0 Å². The normalized spacial score (nSPS) is 37.2. The number of carbonyl (C=O) groups excluding carboxylic acids is 5. The summed E-state index contributed by atoms with van der Waals surface area (Å²) >= 11 is 0. The molecule has 4 N–H and O–H groups in total. The number of aliphatic hydroxyl groups is 1. The van der Waals surface area contributed by atoms with Crippen molar-refractivity contribution in [3.63, 3.8) is 0 Å². The highest BCUT2D eigenvalue weighted by Gasteiger charge is 2.69. The molecule has 4 aliphatic carbocycles. The van der Waals surface area contributed by atoms with Crippen molar-refractivity contribution < 1.29 is 34.2 Å². The van der Waals surface area contributed by atoms with Crippen LogP contribution < -0.4 is 5.73 Å². The number of ketones is 4. The summed E-state index contributed by atoms with van der Waals surface area (Å²) < 4.78 is 0. The van der Waals surface area contributed by atoms with Crippen molar-refractivity contribution in [2.45, 2.75) is 69.9 Å². The summed E-state index contributed by atoms with van der Waals surface area (Å²) in [4.78, 5) is 68.0. The van der Waals surface area contributed by atoms with E-state index in [2.05, 4.69) is 13.8 Å². The van der Waals surface area contributed by atoms with Crippen LogP contribution in [-0.4, -0.2) is 69.9 Å². The predicted molar refractivity (Wildman–Crippen MR) is 141 cm³/mol. The Hall–Kier alpha value is -2.91. The number of phenolic OH excluding ortho intramolecular Hbond substituents is 1. The Balaban J connectivity index is 1.54. The van der Waals surface area contributed by atoms with Gasteiger partial charge < -0.3 is 15.9 Å². The summed E-state index contributed by atoms with van der Waals surface area (Å²) in [5, 5.41) is 23.1. The molecule has 5 rings (SSSR count). The molecule has 3 fully saturated rings. The molecular weight excluding hydrogens is 500 g/mol. The molecule has 1 amide bonds. The van der Waals surface area contributed by atoms with Crippen LogP contribution in [0.15, 0.2) is 12.1 Å². The SMILES string of the molecule is CC1CCC(C(C)c2ccc3c(c2O)C(=O)C2C(=O)[C@]4(O)C(=O)C(C(N)=O)C(=O)[C@@H](N(C)C)[C@@H]4C[C@@H]2C3)CC1. The number of fused-ring (bicyclic) bond motifs is 3. The molecule has 0 aliphatic heterocycles. The zero-order chi connectivity index (χ0) is 28.5. The Bertz CT molecular complexity index is 1260. The van der Waals surface area contributed by atoms with Crippen molar-refractivity contribution >= 4 is 29.0 Å². The van der Waals surface area contributed by atoms with Crippen LogP contribution in [0.2, 0.25) is 0 Å². The molecule has 0 radical (unpaired) electrons. The summed E-state index contributed by atoms with van der Waals surface area (Å²) in [5.74, 6) is -8.91. The number of amides is 1. The molecule has 9 heteroatoms. The molecule has 39 heavy (non-hydrogen) atoms. The highest BCUT2D eigenvalue weighted by molar-refractivity contribution is 6.32. The average molecular weight is 539 g/mol. The maximum Gasteiger partial charge on any atom is 0.235 e. The molecule has 0 heterocycles. The number of phenols is 1. The van der Waals surface area contributed by atoms with Gasteiger partial charge in [-0.25, -0.2) is 0 Å². The fourth-order valence-corrected chi connectivity index (χ4v) is 8.00. The molecule has 1 aromatic rings. The third kappa shape index (κ3) is 3.99. The van der Waals surface area contributed by atoms with Crippen molar-refractivity contribution in [2.75, 3.05) is 14.1 Å². The molecule has 1 aromatic carbocycles. The fraction of sp³-hybridized carbons (Fsp3) is 0.633. The van der Waals surface area contributed by atoms with Gasteiger partial charge in [0.2, 0.25) is 5.91 Å². The van der Waals surface area contributed by atoms with Crippen LogP contribution in [0.25, 0.3) is 0 Å². The van der Waals surface area contributed by atoms with E-state index in [4.69, 9.17) is 5.73 Å². The van der Waals surface area contributed by atoms with Crippen molar-refractivity contribution in [3.8, 4) is 5.75 Å². The monoisotopic (exact) mass is 538 g/mol. The summed E-state index contributed by atoms with van der Waals surface area (Å²) in [7, 11) is 3.14. The van der Waals surface area contributed by atoms with Gasteiger partial charge in [-0.1, -0.05) is 38.8 Å². The highest BCUT2D eigenvalue weighted by atomic mass is 16.3. The second kappa shape index (κ2) is 9.63. The number of Topliss-reactive ketones (excluding diaryl/α,β-unsaturated/α-hetero) is 4. The number of hydrogen-bond donors (Lipinski definition) is 3. The van der Waals surface area contributed by atoms with E-state index in [1.165, 1.54) is 4.90 Å². The zero-order valence-corrected chi connectivity index (χ0v) is 23.0. The van der Waals surface area contributed by atoms with Crippen molar-refractivity contribution in [2.24, 2.45) is 41.2 Å². The number of aromatic hydroxyl groups is 1. The topological polar surface area (TPSA) is 155 Å². The molecule has 3 saturated carbocycles. The van der Waals surface area contributed by atoms with Gasteiger partial charge in [0.15, 0.2) is 34.7 Å². The number of primary amides is 1. The summed E-state index contributed by atoms with van der Waals surface area (Å²) in [6, 6.07) is 2.62. The van der Waals surface area contributed by atoms with Gasteiger partial charge in [0.1, 0.15) is 5.75 Å². The van der Waals surface area contributed by atoms with Gasteiger partial charge in [0, 0.05) is 5.92 Å². The quantitative estimate of drug-likeness (QED) is 0.490. The van der Waals surface area contributed by atoms with E-state index < -0.39 is 64.4 Å². The van der Waals surface area contributed by atoms with Gasteiger partial charge in [0.05, 0.1) is 17.5 Å². The number of hydrogen-bond acceptors (Lipinski definition) is 8. The predicted octanol–water partition coefficient (Wildman–Crippen LogP) is 1.80.